The van der Waals surface area contributed by atoms with E-state index in [9.17, 15) is 14.3 Å². The van der Waals surface area contributed by atoms with Gasteiger partial charge in [-0.1, -0.05) is 30.3 Å². The van der Waals surface area contributed by atoms with Gasteiger partial charge in [-0.2, -0.15) is 0 Å². The van der Waals surface area contributed by atoms with Crippen LogP contribution in [0.4, 0.5) is 4.39 Å². The third-order valence-electron chi connectivity index (χ3n) is 2.53. The molecule has 0 bridgehead atoms. The molecule has 0 amide bonds. The van der Waals surface area contributed by atoms with Gasteiger partial charge in [-0.3, -0.25) is 4.79 Å². The first-order valence-corrected chi connectivity index (χ1v) is 5.41. The molecule has 0 fully saturated rings. The summed E-state index contributed by atoms with van der Waals surface area (Å²) in [6, 6.07) is 9.19. The number of benzene rings is 1. The van der Waals surface area contributed by atoms with Crippen molar-refractivity contribution in [2.45, 2.75) is 12.3 Å². The Morgan fingerprint density at radius 1 is 1.22 bits per heavy atom. The molecule has 4 nitrogen and oxygen atoms in total. The zero-order valence-corrected chi connectivity index (χ0v) is 9.45. The van der Waals surface area contributed by atoms with E-state index in [1.165, 1.54) is 0 Å². The van der Waals surface area contributed by atoms with Crippen LogP contribution in [0.1, 0.15) is 17.3 Å². The minimum absolute atomic E-state index is 0.118. The van der Waals surface area contributed by atoms with E-state index in [2.05, 4.69) is 9.97 Å². The molecule has 2 aromatic rings. The number of nitrogens with zero attached hydrogens (tertiary/aromatic N) is 2. The number of halogens is 1. The van der Waals surface area contributed by atoms with Crippen molar-refractivity contribution < 1.29 is 14.3 Å². The zero-order valence-electron chi connectivity index (χ0n) is 9.45. The highest BCUT2D eigenvalue weighted by molar-refractivity contribution is 5.75. The Morgan fingerprint density at radius 3 is 2.39 bits per heavy atom. The first kappa shape index (κ1) is 12.2. The molecule has 92 valence electrons. The van der Waals surface area contributed by atoms with Gasteiger partial charge in [0.25, 0.3) is 0 Å². The Labute approximate surface area is 103 Å². The fourth-order valence-corrected chi connectivity index (χ4v) is 1.64. The lowest BCUT2D eigenvalue weighted by Crippen LogP contribution is -2.17. The fraction of sp³-hybridized carbons (Fsp3) is 0.154. The maximum atomic E-state index is 12.7. The van der Waals surface area contributed by atoms with Crippen LogP contribution in [0.15, 0.2) is 42.7 Å². The number of rotatable bonds is 4. The quantitative estimate of drug-likeness (QED) is 0.896. The molecule has 1 unspecified atom stereocenters. The lowest BCUT2D eigenvalue weighted by molar-refractivity contribution is -0.139. The largest absolute Gasteiger partial charge is 0.481 e. The molecule has 2 rings (SSSR count). The van der Waals surface area contributed by atoms with Crippen LogP contribution in [0.5, 0.6) is 0 Å². The lowest BCUT2D eigenvalue weighted by atomic mass is 9.99. The van der Waals surface area contributed by atoms with E-state index in [4.69, 9.17) is 0 Å². The number of aromatic nitrogens is 2. The molecule has 0 saturated heterocycles. The van der Waals surface area contributed by atoms with Gasteiger partial charge >= 0.3 is 5.97 Å². The highest BCUT2D eigenvalue weighted by Crippen LogP contribution is 2.17. The van der Waals surface area contributed by atoms with Crippen LogP contribution in [0.25, 0.3) is 0 Å². The molecule has 18 heavy (non-hydrogen) atoms. The Kier molecular flexibility index (Phi) is 3.62. The van der Waals surface area contributed by atoms with Gasteiger partial charge < -0.3 is 5.11 Å². The van der Waals surface area contributed by atoms with E-state index >= 15 is 0 Å². The number of hydrogen-bond acceptors (Lipinski definition) is 3. The summed E-state index contributed by atoms with van der Waals surface area (Å²) in [5, 5.41) is 9.18. The number of carboxylic acids is 1. The summed E-state index contributed by atoms with van der Waals surface area (Å²) in [5.41, 5.74) is 0.873. The molecule has 0 spiro atoms. The monoisotopic (exact) mass is 246 g/mol. The van der Waals surface area contributed by atoms with Crippen LogP contribution >= 0.6 is 0 Å². The van der Waals surface area contributed by atoms with Gasteiger partial charge in [0.15, 0.2) is 5.82 Å². The Balaban J connectivity index is 2.24. The molecular weight excluding hydrogens is 235 g/mol. The first-order chi connectivity index (χ1) is 8.66. The molecular formula is C13H11FN2O2. The average molecular weight is 246 g/mol. The van der Waals surface area contributed by atoms with Gasteiger partial charge in [-0.15, -0.1) is 0 Å². The topological polar surface area (TPSA) is 63.1 Å². The predicted octanol–water partition coefficient (Wildman–Crippen LogP) is 2.03. The SMILES string of the molecule is O=C(O)C(Cc1ccccc1)c1ncc(F)cn1. The van der Waals surface area contributed by atoms with Gasteiger partial charge in [0.05, 0.1) is 12.4 Å². The molecule has 0 aliphatic rings. The van der Waals surface area contributed by atoms with E-state index in [-0.39, 0.29) is 12.2 Å². The standard InChI is InChI=1S/C13H11FN2O2/c14-10-7-15-12(16-8-10)11(13(17)18)6-9-4-2-1-3-5-9/h1-5,7-8,11H,6H2,(H,17,18). The van der Waals surface area contributed by atoms with Crippen molar-refractivity contribution in [3.63, 3.8) is 0 Å². The second-order valence-electron chi connectivity index (χ2n) is 3.84. The van der Waals surface area contributed by atoms with Crippen molar-refractivity contribution in [3.8, 4) is 0 Å². The maximum absolute atomic E-state index is 12.7. The highest BCUT2D eigenvalue weighted by atomic mass is 19.1. The van der Waals surface area contributed by atoms with Gasteiger partial charge in [0.2, 0.25) is 0 Å². The van der Waals surface area contributed by atoms with Crippen LogP contribution in [-0.2, 0) is 11.2 Å². The molecule has 0 radical (unpaired) electrons. The summed E-state index contributed by atoms with van der Waals surface area (Å²) in [4.78, 5) is 18.7. The molecule has 0 saturated carbocycles. The second kappa shape index (κ2) is 5.35. The number of carboxylic acid groups (broad SMARTS) is 1. The molecule has 1 N–H and O–H groups in total. The maximum Gasteiger partial charge on any atom is 0.314 e. The van der Waals surface area contributed by atoms with Crippen molar-refractivity contribution in [3.05, 3.63) is 59.9 Å². The lowest BCUT2D eigenvalue weighted by Gasteiger charge is -2.10. The molecule has 1 heterocycles. The highest BCUT2D eigenvalue weighted by Gasteiger charge is 2.23. The van der Waals surface area contributed by atoms with Crippen LogP contribution in [0.2, 0.25) is 0 Å². The van der Waals surface area contributed by atoms with Gasteiger partial charge in [-0.05, 0) is 12.0 Å². The van der Waals surface area contributed by atoms with Gasteiger partial charge in [0.1, 0.15) is 11.7 Å². The summed E-state index contributed by atoms with van der Waals surface area (Å²) in [5.74, 6) is -2.35. The first-order valence-electron chi connectivity index (χ1n) is 5.41. The van der Waals surface area contributed by atoms with E-state index < -0.39 is 17.7 Å². The Morgan fingerprint density at radius 2 is 1.83 bits per heavy atom. The van der Waals surface area contributed by atoms with Gasteiger partial charge in [-0.25, -0.2) is 14.4 Å². The summed E-state index contributed by atoms with van der Waals surface area (Å²) in [7, 11) is 0. The zero-order chi connectivity index (χ0) is 13.0. The number of carbonyl (C=O) groups is 1. The number of aliphatic carboxylic acids is 1. The van der Waals surface area contributed by atoms with E-state index in [0.717, 1.165) is 18.0 Å². The third-order valence-corrected chi connectivity index (χ3v) is 2.53. The van der Waals surface area contributed by atoms with Gasteiger partial charge in [0, 0.05) is 0 Å². The molecule has 1 aromatic heterocycles. The second-order valence-corrected chi connectivity index (χ2v) is 3.84. The van der Waals surface area contributed by atoms with Crippen LogP contribution in [0, 0.1) is 5.82 Å². The summed E-state index contributed by atoms with van der Waals surface area (Å²) in [6.45, 7) is 0. The molecule has 1 atom stereocenters. The minimum Gasteiger partial charge on any atom is -0.481 e. The van der Waals surface area contributed by atoms with Crippen LogP contribution in [-0.4, -0.2) is 21.0 Å². The van der Waals surface area contributed by atoms with Crippen LogP contribution in [0.3, 0.4) is 0 Å². The summed E-state index contributed by atoms with van der Waals surface area (Å²) in [6.07, 6.45) is 2.23. The van der Waals surface area contributed by atoms with E-state index in [1.54, 1.807) is 0 Å². The smallest absolute Gasteiger partial charge is 0.314 e. The van der Waals surface area contributed by atoms with Crippen molar-refractivity contribution in [1.82, 2.24) is 9.97 Å². The van der Waals surface area contributed by atoms with Crippen molar-refractivity contribution in [2.24, 2.45) is 0 Å². The molecule has 0 aliphatic carbocycles. The van der Waals surface area contributed by atoms with Crippen LogP contribution < -0.4 is 0 Å². The molecule has 5 heteroatoms. The third kappa shape index (κ3) is 2.88. The fourth-order valence-electron chi connectivity index (χ4n) is 1.64. The van der Waals surface area contributed by atoms with E-state index in [0.29, 0.717) is 0 Å². The average Bonchev–Trinajstić information content (AvgIpc) is 2.38. The van der Waals surface area contributed by atoms with E-state index in [1.807, 2.05) is 30.3 Å². The Hall–Kier alpha value is -2.30. The molecule has 0 aliphatic heterocycles. The van der Waals surface area contributed by atoms with Crippen molar-refractivity contribution in [2.75, 3.05) is 0 Å². The minimum atomic E-state index is -1.02. The predicted molar refractivity (Wildman–Crippen MR) is 62.5 cm³/mol. The summed E-state index contributed by atoms with van der Waals surface area (Å²) < 4.78 is 12.7. The normalized spacial score (nSPS) is 12.1. The van der Waals surface area contributed by atoms with Crippen molar-refractivity contribution >= 4 is 5.97 Å². The van der Waals surface area contributed by atoms with Crippen molar-refractivity contribution in [1.29, 1.82) is 0 Å². The Bertz CT molecular complexity index is 528. The number of hydrogen-bond donors (Lipinski definition) is 1. The molecule has 1 aromatic carbocycles. The summed E-state index contributed by atoms with van der Waals surface area (Å²) >= 11 is 0.